The lowest BCUT2D eigenvalue weighted by Crippen LogP contribution is -2.62. The maximum absolute atomic E-state index is 13.7. The lowest BCUT2D eigenvalue weighted by Gasteiger charge is -2.52. The number of methoxy groups -OCH3 is 1. The van der Waals surface area contributed by atoms with Gasteiger partial charge in [0.05, 0.1) is 37.6 Å². The lowest BCUT2D eigenvalue weighted by molar-refractivity contribution is -0.137. The Balaban J connectivity index is 1.57. The molecule has 0 N–H and O–H groups in total. The second-order valence-electron chi connectivity index (χ2n) is 9.99. The third-order valence-electron chi connectivity index (χ3n) is 7.60. The summed E-state index contributed by atoms with van der Waals surface area (Å²) in [5.74, 6) is -0.761. The van der Waals surface area contributed by atoms with E-state index in [9.17, 15) is 19.3 Å². The fourth-order valence-corrected chi connectivity index (χ4v) is 5.27. The summed E-state index contributed by atoms with van der Waals surface area (Å²) >= 11 is 0. The number of hydrogen-bond acceptors (Lipinski definition) is 5. The first-order valence-corrected chi connectivity index (χ1v) is 12.3. The highest BCUT2D eigenvalue weighted by Crippen LogP contribution is 2.35. The van der Waals surface area contributed by atoms with Crippen molar-refractivity contribution in [1.29, 1.82) is 0 Å². The van der Waals surface area contributed by atoms with Crippen LogP contribution in [0.1, 0.15) is 81.9 Å². The normalized spacial score (nSPS) is 28.8. The topological polar surface area (TPSA) is 48.9 Å². The highest BCUT2D eigenvalue weighted by molar-refractivity contribution is 5.96. The van der Waals surface area contributed by atoms with E-state index in [0.717, 1.165) is 24.4 Å². The average molecular weight is 545 g/mol. The Hall–Kier alpha value is -2.49. The SMILES string of the molecule is [2H]C([2H])([2H])OC([2H])([2H])[C@@]([2H])(c1ccc(C(F)(F)F)cc1)N1CCN(C2(C)CCN(C(=O)c3c(C([2H])([2H])[2H])ccnc3C([2H])([2H])[2H])CC2)C[C@@H]1C. The third kappa shape index (κ3) is 5.90. The number of alkyl halides is 3. The zero-order valence-electron chi connectivity index (χ0n) is 33.2. The summed E-state index contributed by atoms with van der Waals surface area (Å²) in [4.78, 5) is 22.4. The van der Waals surface area contributed by atoms with Crippen molar-refractivity contribution >= 4 is 5.91 Å². The zero-order chi connectivity index (χ0) is 37.9. The molecule has 9 heteroatoms. The number of piperidine rings is 1. The van der Waals surface area contributed by atoms with Crippen LogP contribution in [0, 0.1) is 13.7 Å². The largest absolute Gasteiger partial charge is 0.416 e. The Morgan fingerprint density at radius 1 is 1.21 bits per heavy atom. The minimum atomic E-state index is -4.69. The fraction of sp³-hybridized carbons (Fsp3) is 0.586. The summed E-state index contributed by atoms with van der Waals surface area (Å²) in [7, 11) is -3.27. The number of likely N-dealkylation sites (tertiary alicyclic amines) is 1. The number of pyridine rings is 1. The van der Waals surface area contributed by atoms with E-state index in [1.165, 1.54) is 9.80 Å². The van der Waals surface area contributed by atoms with Crippen LogP contribution in [0.4, 0.5) is 13.2 Å². The van der Waals surface area contributed by atoms with Crippen molar-refractivity contribution in [2.45, 2.75) is 64.2 Å². The molecule has 0 unspecified atom stereocenters. The van der Waals surface area contributed by atoms with Gasteiger partial charge in [0, 0.05) is 65.8 Å². The second kappa shape index (κ2) is 11.3. The number of amides is 1. The van der Waals surface area contributed by atoms with Crippen LogP contribution in [-0.2, 0) is 10.9 Å². The van der Waals surface area contributed by atoms with E-state index in [0.29, 0.717) is 25.0 Å². The van der Waals surface area contributed by atoms with Crippen LogP contribution in [0.2, 0.25) is 0 Å². The number of benzene rings is 1. The highest BCUT2D eigenvalue weighted by atomic mass is 19.4. The number of carbonyl (C=O) groups is 1. The molecular weight excluding hydrogens is 493 g/mol. The van der Waals surface area contributed by atoms with E-state index in [4.69, 9.17) is 19.8 Å². The standard InChI is InChI=1S/C29H39F3N4O2/c1-20-10-13-33-22(3)26(20)27(37)34-14-11-28(4,12-15-34)35-16-17-36(21(2)18-35)25(19-38-5)23-6-8-24(9-7-23)29(30,31)32/h6-10,13,21,25H,11-12,14-19H2,1-5H3/t21-,25-/m0/s1/i1D3,3D3,5D3,19D2,25D. The molecule has 2 fully saturated rings. The van der Waals surface area contributed by atoms with Gasteiger partial charge in [0.1, 0.15) is 0 Å². The molecule has 38 heavy (non-hydrogen) atoms. The van der Waals surface area contributed by atoms with Crippen LogP contribution < -0.4 is 0 Å². The van der Waals surface area contributed by atoms with Gasteiger partial charge in [0.15, 0.2) is 0 Å². The van der Waals surface area contributed by atoms with Crippen molar-refractivity contribution in [3.63, 3.8) is 0 Å². The number of halogens is 3. The van der Waals surface area contributed by atoms with Crippen molar-refractivity contribution in [2.24, 2.45) is 0 Å². The van der Waals surface area contributed by atoms with Gasteiger partial charge in [-0.25, -0.2) is 0 Å². The van der Waals surface area contributed by atoms with Gasteiger partial charge in [-0.3, -0.25) is 19.6 Å². The maximum Gasteiger partial charge on any atom is 0.416 e. The van der Waals surface area contributed by atoms with E-state index >= 15 is 0 Å². The number of piperazine rings is 1. The first-order chi connectivity index (χ1) is 22.6. The molecule has 4 rings (SSSR count). The zero-order valence-corrected chi connectivity index (χ0v) is 21.2. The van der Waals surface area contributed by atoms with E-state index in [1.807, 2.05) is 6.92 Å². The molecule has 0 saturated carbocycles. The van der Waals surface area contributed by atoms with Crippen molar-refractivity contribution in [3.8, 4) is 0 Å². The van der Waals surface area contributed by atoms with Crippen molar-refractivity contribution in [3.05, 3.63) is 64.5 Å². The monoisotopic (exact) mass is 544 g/mol. The molecule has 6 nitrogen and oxygen atoms in total. The van der Waals surface area contributed by atoms with E-state index in [-0.39, 0.29) is 38.3 Å². The predicted molar refractivity (Wildman–Crippen MR) is 141 cm³/mol. The molecule has 2 aromatic rings. The summed E-state index contributed by atoms with van der Waals surface area (Å²) in [6, 6.07) is 1.19. The number of ether oxygens (including phenoxy) is 1. The van der Waals surface area contributed by atoms with E-state index in [1.54, 1.807) is 6.92 Å². The number of hydrogen-bond donors (Lipinski definition) is 0. The number of rotatable bonds is 6. The molecule has 2 aliphatic rings. The Morgan fingerprint density at radius 3 is 2.55 bits per heavy atom. The van der Waals surface area contributed by atoms with Gasteiger partial charge >= 0.3 is 6.18 Å². The summed E-state index contributed by atoms with van der Waals surface area (Å²) in [5, 5.41) is 0. The highest BCUT2D eigenvalue weighted by Gasteiger charge is 2.41. The van der Waals surface area contributed by atoms with Gasteiger partial charge in [0.25, 0.3) is 5.91 Å². The van der Waals surface area contributed by atoms with Crippen LogP contribution >= 0.6 is 0 Å². The Bertz CT molecular complexity index is 1510. The Labute approximate surface area is 240 Å². The van der Waals surface area contributed by atoms with E-state index < -0.39 is 79.4 Å². The van der Waals surface area contributed by atoms with E-state index in [2.05, 4.69) is 9.88 Å². The quantitative estimate of drug-likeness (QED) is 0.506. The molecule has 1 amide bonds. The van der Waals surface area contributed by atoms with Crippen LogP contribution in [-0.4, -0.2) is 83.5 Å². The van der Waals surface area contributed by atoms with Gasteiger partial charge in [0.2, 0.25) is 0 Å². The van der Waals surface area contributed by atoms with Gasteiger partial charge in [-0.1, -0.05) is 12.1 Å². The molecule has 0 radical (unpaired) electrons. The van der Waals surface area contributed by atoms with Crippen molar-refractivity contribution in [1.82, 2.24) is 19.7 Å². The van der Waals surface area contributed by atoms with Crippen molar-refractivity contribution < 1.29 is 39.2 Å². The Morgan fingerprint density at radius 2 is 1.95 bits per heavy atom. The number of aryl methyl sites for hydroxylation is 2. The van der Waals surface area contributed by atoms with Gasteiger partial charge in [-0.05, 0) is 69.7 Å². The molecule has 1 aromatic heterocycles. The van der Waals surface area contributed by atoms with Gasteiger partial charge in [-0.15, -0.1) is 0 Å². The molecule has 3 heterocycles. The molecule has 1 aromatic carbocycles. The predicted octanol–water partition coefficient (Wildman–Crippen LogP) is 5.11. The maximum atomic E-state index is 13.7. The molecule has 0 spiro atoms. The van der Waals surface area contributed by atoms with Gasteiger partial charge in [-0.2, -0.15) is 13.2 Å². The first kappa shape index (κ1) is 16.6. The van der Waals surface area contributed by atoms with Crippen LogP contribution in [0.3, 0.4) is 0 Å². The molecule has 2 atom stereocenters. The number of nitrogens with zero attached hydrogens (tertiary/aromatic N) is 4. The molecule has 208 valence electrons. The summed E-state index contributed by atoms with van der Waals surface area (Å²) in [6.07, 6.45) is -2.88. The smallest absolute Gasteiger partial charge is 0.383 e. The van der Waals surface area contributed by atoms with Crippen LogP contribution in [0.15, 0.2) is 36.5 Å². The summed E-state index contributed by atoms with van der Waals surface area (Å²) in [5.41, 5.74) is -3.29. The number of carbonyl (C=O) groups excluding carboxylic acids is 1. The molecular formula is C29H39F3N4O2. The fourth-order valence-electron chi connectivity index (χ4n) is 5.27. The lowest BCUT2D eigenvalue weighted by atomic mass is 9.86. The molecule has 0 aliphatic carbocycles. The minimum absolute atomic E-state index is 0.00658. The van der Waals surface area contributed by atoms with Crippen LogP contribution in [0.5, 0.6) is 0 Å². The van der Waals surface area contributed by atoms with Gasteiger partial charge < -0.3 is 9.64 Å². The second-order valence-corrected chi connectivity index (χ2v) is 9.99. The minimum Gasteiger partial charge on any atom is -0.383 e. The molecule has 0 bridgehead atoms. The molecule has 2 aliphatic heterocycles. The third-order valence-corrected chi connectivity index (χ3v) is 7.60. The molecule has 2 saturated heterocycles. The van der Waals surface area contributed by atoms with Crippen LogP contribution in [0.25, 0.3) is 0 Å². The first-order valence-electron chi connectivity index (χ1n) is 18.3. The average Bonchev–Trinajstić information content (AvgIpc) is 2.98. The number of aromatic nitrogens is 1. The van der Waals surface area contributed by atoms with Crippen molar-refractivity contribution in [2.75, 3.05) is 46.3 Å². The summed E-state index contributed by atoms with van der Waals surface area (Å²) < 4.78 is 141. The summed E-state index contributed by atoms with van der Waals surface area (Å²) in [6.45, 7) is -4.46. The Kier molecular flexibility index (Phi) is 4.94.